The minimum absolute atomic E-state index is 0.143. The van der Waals surface area contributed by atoms with Gasteiger partial charge in [0.25, 0.3) is 5.89 Å². The van der Waals surface area contributed by atoms with Crippen LogP contribution >= 0.6 is 0 Å². The molecule has 152 valence electrons. The SMILES string of the molecule is COCCOCc1nc(C2CCCCN2C(=O)Nc2ccc(C)c(C)c2)no1. The first-order valence-corrected chi connectivity index (χ1v) is 9.62. The first-order chi connectivity index (χ1) is 13.6. The molecular formula is C20H28N4O4. The lowest BCUT2D eigenvalue weighted by Gasteiger charge is -2.33. The lowest BCUT2D eigenvalue weighted by molar-refractivity contribution is 0.0494. The van der Waals surface area contributed by atoms with Gasteiger partial charge in [0.15, 0.2) is 5.82 Å². The van der Waals surface area contributed by atoms with E-state index in [1.54, 1.807) is 12.0 Å². The smallest absolute Gasteiger partial charge is 0.322 e. The number of benzene rings is 1. The monoisotopic (exact) mass is 388 g/mol. The number of amides is 2. The molecule has 8 nitrogen and oxygen atoms in total. The van der Waals surface area contributed by atoms with Gasteiger partial charge in [0.1, 0.15) is 6.61 Å². The lowest BCUT2D eigenvalue weighted by atomic mass is 10.0. The molecule has 1 aliphatic heterocycles. The molecule has 0 bridgehead atoms. The van der Waals surface area contributed by atoms with Crippen LogP contribution in [-0.4, -0.2) is 47.9 Å². The van der Waals surface area contributed by atoms with Crippen molar-refractivity contribution in [1.29, 1.82) is 0 Å². The van der Waals surface area contributed by atoms with E-state index in [4.69, 9.17) is 14.0 Å². The Labute approximate surface area is 165 Å². The summed E-state index contributed by atoms with van der Waals surface area (Å²) in [6, 6.07) is 5.57. The number of ether oxygens (including phenoxy) is 2. The Hall–Kier alpha value is -2.45. The molecule has 1 atom stereocenters. The Kier molecular flexibility index (Phi) is 7.00. The number of nitrogens with zero attached hydrogens (tertiary/aromatic N) is 3. The van der Waals surface area contributed by atoms with Crippen molar-refractivity contribution in [2.75, 3.05) is 32.2 Å². The zero-order chi connectivity index (χ0) is 19.9. The molecule has 2 heterocycles. The first-order valence-electron chi connectivity index (χ1n) is 9.62. The van der Waals surface area contributed by atoms with Gasteiger partial charge in [-0.3, -0.25) is 0 Å². The molecule has 2 amide bonds. The van der Waals surface area contributed by atoms with Crippen molar-refractivity contribution >= 4 is 11.7 Å². The maximum Gasteiger partial charge on any atom is 0.322 e. The molecule has 1 aromatic carbocycles. The van der Waals surface area contributed by atoms with E-state index >= 15 is 0 Å². The third kappa shape index (κ3) is 5.08. The van der Waals surface area contributed by atoms with Crippen LogP contribution in [0.3, 0.4) is 0 Å². The van der Waals surface area contributed by atoms with E-state index in [1.165, 1.54) is 5.56 Å². The lowest BCUT2D eigenvalue weighted by Crippen LogP contribution is -2.41. The van der Waals surface area contributed by atoms with Gasteiger partial charge >= 0.3 is 6.03 Å². The number of urea groups is 1. The van der Waals surface area contributed by atoms with Crippen LogP contribution in [0.25, 0.3) is 0 Å². The Morgan fingerprint density at radius 3 is 2.93 bits per heavy atom. The fourth-order valence-corrected chi connectivity index (χ4v) is 3.22. The average Bonchev–Trinajstić information content (AvgIpc) is 3.17. The van der Waals surface area contributed by atoms with Gasteiger partial charge in [-0.05, 0) is 56.4 Å². The number of nitrogens with one attached hydrogen (secondary N) is 1. The molecule has 0 radical (unpaired) electrons. The highest BCUT2D eigenvalue weighted by Crippen LogP contribution is 2.30. The highest BCUT2D eigenvalue weighted by Gasteiger charge is 2.31. The Morgan fingerprint density at radius 2 is 2.14 bits per heavy atom. The number of hydrogen-bond acceptors (Lipinski definition) is 6. The first kappa shape index (κ1) is 20.3. The summed E-state index contributed by atoms with van der Waals surface area (Å²) in [5.41, 5.74) is 3.13. The molecule has 0 saturated carbocycles. The van der Waals surface area contributed by atoms with Gasteiger partial charge in [-0.2, -0.15) is 4.98 Å². The Balaban J connectivity index is 1.65. The van der Waals surface area contributed by atoms with E-state index in [0.717, 1.165) is 30.5 Å². The highest BCUT2D eigenvalue weighted by atomic mass is 16.5. The van der Waals surface area contributed by atoms with Crippen molar-refractivity contribution in [2.45, 2.75) is 45.8 Å². The number of hydrogen-bond donors (Lipinski definition) is 1. The van der Waals surface area contributed by atoms with Crippen molar-refractivity contribution in [1.82, 2.24) is 15.0 Å². The van der Waals surface area contributed by atoms with Crippen molar-refractivity contribution in [3.05, 3.63) is 41.0 Å². The van der Waals surface area contributed by atoms with Gasteiger partial charge < -0.3 is 24.2 Å². The van der Waals surface area contributed by atoms with E-state index in [9.17, 15) is 4.79 Å². The third-order valence-corrected chi connectivity index (χ3v) is 4.96. The molecule has 0 aliphatic carbocycles. The van der Waals surface area contributed by atoms with Gasteiger partial charge in [-0.25, -0.2) is 4.79 Å². The third-order valence-electron chi connectivity index (χ3n) is 4.96. The van der Waals surface area contributed by atoms with E-state index in [1.807, 2.05) is 25.1 Å². The summed E-state index contributed by atoms with van der Waals surface area (Å²) >= 11 is 0. The Morgan fingerprint density at radius 1 is 1.29 bits per heavy atom. The summed E-state index contributed by atoms with van der Waals surface area (Å²) < 4.78 is 15.6. The number of likely N-dealkylation sites (tertiary alicyclic amines) is 1. The molecule has 1 unspecified atom stereocenters. The number of carbonyl (C=O) groups is 1. The maximum absolute atomic E-state index is 12.9. The Bertz CT molecular complexity index is 792. The molecule has 1 aliphatic rings. The fourth-order valence-electron chi connectivity index (χ4n) is 3.22. The number of anilines is 1. The predicted octanol–water partition coefficient (Wildman–Crippen LogP) is 3.61. The summed E-state index contributed by atoms with van der Waals surface area (Å²) in [7, 11) is 1.62. The summed E-state index contributed by atoms with van der Waals surface area (Å²) in [6.45, 7) is 5.95. The summed E-state index contributed by atoms with van der Waals surface area (Å²) in [5, 5.41) is 7.08. The quantitative estimate of drug-likeness (QED) is 0.729. The summed E-state index contributed by atoms with van der Waals surface area (Å²) in [6.07, 6.45) is 2.79. The number of aromatic nitrogens is 2. The number of aryl methyl sites for hydroxylation is 2. The van der Waals surface area contributed by atoms with E-state index in [2.05, 4.69) is 22.4 Å². The summed E-state index contributed by atoms with van der Waals surface area (Å²) in [4.78, 5) is 19.1. The number of methoxy groups -OCH3 is 1. The number of carbonyl (C=O) groups excluding carboxylic acids is 1. The second-order valence-electron chi connectivity index (χ2n) is 7.03. The highest BCUT2D eigenvalue weighted by molar-refractivity contribution is 5.89. The molecule has 28 heavy (non-hydrogen) atoms. The van der Waals surface area contributed by atoms with Gasteiger partial charge in [0.2, 0.25) is 0 Å². The topological polar surface area (TPSA) is 89.7 Å². The van der Waals surface area contributed by atoms with Crippen LogP contribution < -0.4 is 5.32 Å². The molecule has 1 N–H and O–H groups in total. The second kappa shape index (κ2) is 9.66. The van der Waals surface area contributed by atoms with E-state index in [-0.39, 0.29) is 18.7 Å². The standard InChI is InChI=1S/C20H28N4O4/c1-14-7-8-16(12-15(14)2)21-20(25)24-9-5-4-6-17(24)19-22-18(28-23-19)13-27-11-10-26-3/h7-8,12,17H,4-6,9-11,13H2,1-3H3,(H,21,25). The van der Waals surface area contributed by atoms with E-state index in [0.29, 0.717) is 31.5 Å². The number of piperidine rings is 1. The van der Waals surface area contributed by atoms with E-state index < -0.39 is 0 Å². The minimum atomic E-state index is -0.197. The number of rotatable bonds is 7. The van der Waals surface area contributed by atoms with Crippen molar-refractivity contribution < 1.29 is 18.8 Å². The largest absolute Gasteiger partial charge is 0.382 e. The minimum Gasteiger partial charge on any atom is -0.382 e. The maximum atomic E-state index is 12.9. The fraction of sp³-hybridized carbons (Fsp3) is 0.550. The molecular weight excluding hydrogens is 360 g/mol. The van der Waals surface area contributed by atoms with Crippen molar-refractivity contribution in [3.63, 3.8) is 0 Å². The molecule has 3 rings (SSSR count). The van der Waals surface area contributed by atoms with Crippen LogP contribution in [0.4, 0.5) is 10.5 Å². The van der Waals surface area contributed by atoms with Crippen molar-refractivity contribution in [3.8, 4) is 0 Å². The zero-order valence-corrected chi connectivity index (χ0v) is 16.7. The van der Waals surface area contributed by atoms with Crippen molar-refractivity contribution in [2.24, 2.45) is 0 Å². The predicted molar refractivity (Wildman–Crippen MR) is 104 cm³/mol. The normalized spacial score (nSPS) is 17.0. The van der Waals surface area contributed by atoms with Gasteiger partial charge in [0.05, 0.1) is 19.3 Å². The van der Waals surface area contributed by atoms with Crippen LogP contribution in [0.5, 0.6) is 0 Å². The van der Waals surface area contributed by atoms with Crippen LogP contribution in [0.1, 0.15) is 48.1 Å². The van der Waals surface area contributed by atoms with Gasteiger partial charge in [-0.1, -0.05) is 11.2 Å². The molecule has 1 saturated heterocycles. The average molecular weight is 388 g/mol. The molecule has 2 aromatic rings. The van der Waals surface area contributed by atoms with Gasteiger partial charge in [0, 0.05) is 19.3 Å². The van der Waals surface area contributed by atoms with Crippen LogP contribution in [0.15, 0.2) is 22.7 Å². The molecule has 1 fully saturated rings. The summed E-state index contributed by atoms with van der Waals surface area (Å²) in [5.74, 6) is 0.937. The van der Waals surface area contributed by atoms with Crippen LogP contribution in [-0.2, 0) is 16.1 Å². The van der Waals surface area contributed by atoms with Crippen LogP contribution in [0, 0.1) is 13.8 Å². The molecule has 0 spiro atoms. The molecule has 8 heteroatoms. The second-order valence-corrected chi connectivity index (χ2v) is 7.03. The van der Waals surface area contributed by atoms with Gasteiger partial charge in [-0.15, -0.1) is 0 Å². The van der Waals surface area contributed by atoms with Crippen LogP contribution in [0.2, 0.25) is 0 Å². The molecule has 1 aromatic heterocycles. The zero-order valence-electron chi connectivity index (χ0n) is 16.7.